The smallest absolute Gasteiger partial charge is 0.161 e. The molecule has 0 amide bonds. The second-order valence-corrected chi connectivity index (χ2v) is 5.24. The second-order valence-electron chi connectivity index (χ2n) is 3.55. The average molecular weight is 259 g/mol. The molecule has 1 aromatic carbocycles. The maximum absolute atomic E-state index is 12.9. The third kappa shape index (κ3) is 2.68. The van der Waals surface area contributed by atoms with E-state index < -0.39 is 5.82 Å². The minimum Gasteiger partial charge on any atom is -0.335 e. The number of halogens is 2. The molecule has 0 aliphatic carbocycles. The Balaban J connectivity index is 2.02. The van der Waals surface area contributed by atoms with Crippen molar-refractivity contribution in [3.05, 3.63) is 29.0 Å². The Bertz CT molecular complexity index is 422. The van der Waals surface area contributed by atoms with E-state index in [2.05, 4.69) is 17.2 Å². The highest BCUT2D eigenvalue weighted by molar-refractivity contribution is 8.15. The maximum atomic E-state index is 12.9. The Kier molecular flexibility index (Phi) is 3.71. The SMILES string of the molecule is CCC1CN=C(Nc2ccc(F)c(Cl)c2)S1. The van der Waals surface area contributed by atoms with Gasteiger partial charge in [0.1, 0.15) is 5.82 Å². The van der Waals surface area contributed by atoms with E-state index in [4.69, 9.17) is 11.6 Å². The highest BCUT2D eigenvalue weighted by Crippen LogP contribution is 2.26. The third-order valence-electron chi connectivity index (χ3n) is 2.34. The number of thioether (sulfide) groups is 1. The van der Waals surface area contributed by atoms with Crippen LogP contribution in [0.25, 0.3) is 0 Å². The summed E-state index contributed by atoms with van der Waals surface area (Å²) in [5, 5.41) is 4.70. The fourth-order valence-electron chi connectivity index (χ4n) is 1.40. The van der Waals surface area contributed by atoms with E-state index in [1.54, 1.807) is 23.9 Å². The molecule has 0 radical (unpaired) electrons. The number of hydrogen-bond donors (Lipinski definition) is 1. The normalized spacial score (nSPS) is 19.7. The number of rotatable bonds is 2. The topological polar surface area (TPSA) is 24.4 Å². The van der Waals surface area contributed by atoms with Crippen molar-refractivity contribution < 1.29 is 4.39 Å². The molecule has 0 spiro atoms. The van der Waals surface area contributed by atoms with E-state index >= 15 is 0 Å². The van der Waals surface area contributed by atoms with Gasteiger partial charge in [0.25, 0.3) is 0 Å². The standard InChI is InChI=1S/C11H12ClFN2S/c1-2-8-6-14-11(16-8)15-7-3-4-10(13)9(12)5-7/h3-5,8H,2,6H2,1H3,(H,14,15). The van der Waals surface area contributed by atoms with Crippen molar-refractivity contribution in [1.29, 1.82) is 0 Å². The first-order valence-electron chi connectivity index (χ1n) is 5.12. The molecular formula is C11H12ClFN2S. The minimum absolute atomic E-state index is 0.126. The lowest BCUT2D eigenvalue weighted by Gasteiger charge is -2.07. The van der Waals surface area contributed by atoms with Gasteiger partial charge in [-0.3, -0.25) is 4.99 Å². The fraction of sp³-hybridized carbons (Fsp3) is 0.364. The van der Waals surface area contributed by atoms with Crippen LogP contribution in [0.5, 0.6) is 0 Å². The molecule has 1 atom stereocenters. The number of nitrogens with one attached hydrogen (secondary N) is 1. The van der Waals surface area contributed by atoms with Crippen molar-refractivity contribution in [2.24, 2.45) is 4.99 Å². The summed E-state index contributed by atoms with van der Waals surface area (Å²) in [4.78, 5) is 4.37. The highest BCUT2D eigenvalue weighted by Gasteiger charge is 2.17. The Labute approximate surface area is 103 Å². The van der Waals surface area contributed by atoms with Crippen LogP contribution in [0.1, 0.15) is 13.3 Å². The van der Waals surface area contributed by atoms with Crippen LogP contribution in [0.4, 0.5) is 10.1 Å². The van der Waals surface area contributed by atoms with E-state index in [9.17, 15) is 4.39 Å². The maximum Gasteiger partial charge on any atom is 0.161 e. The van der Waals surface area contributed by atoms with Gasteiger partial charge in [0, 0.05) is 10.9 Å². The first-order valence-corrected chi connectivity index (χ1v) is 6.38. The van der Waals surface area contributed by atoms with Crippen molar-refractivity contribution in [3.63, 3.8) is 0 Å². The zero-order valence-electron chi connectivity index (χ0n) is 8.84. The lowest BCUT2D eigenvalue weighted by Crippen LogP contribution is -2.06. The first kappa shape index (κ1) is 11.7. The number of anilines is 1. The zero-order valence-corrected chi connectivity index (χ0v) is 10.4. The van der Waals surface area contributed by atoms with E-state index in [1.165, 1.54) is 6.07 Å². The van der Waals surface area contributed by atoms with Gasteiger partial charge < -0.3 is 5.32 Å². The van der Waals surface area contributed by atoms with Gasteiger partial charge in [-0.2, -0.15) is 0 Å². The van der Waals surface area contributed by atoms with Gasteiger partial charge in [0.15, 0.2) is 5.17 Å². The van der Waals surface area contributed by atoms with Gasteiger partial charge in [0.2, 0.25) is 0 Å². The zero-order chi connectivity index (χ0) is 11.5. The van der Waals surface area contributed by atoms with Gasteiger partial charge >= 0.3 is 0 Å². The largest absolute Gasteiger partial charge is 0.335 e. The molecule has 1 aliphatic heterocycles. The molecule has 1 aromatic rings. The van der Waals surface area contributed by atoms with Crippen LogP contribution in [0.2, 0.25) is 5.02 Å². The van der Waals surface area contributed by atoms with E-state index in [0.717, 1.165) is 23.8 Å². The summed E-state index contributed by atoms with van der Waals surface area (Å²) in [6, 6.07) is 4.57. The summed E-state index contributed by atoms with van der Waals surface area (Å²) in [6.07, 6.45) is 1.10. The van der Waals surface area contributed by atoms with Crippen molar-refractivity contribution in [3.8, 4) is 0 Å². The summed E-state index contributed by atoms with van der Waals surface area (Å²) >= 11 is 7.41. The monoisotopic (exact) mass is 258 g/mol. The number of aliphatic imine (C=N–C) groups is 1. The average Bonchev–Trinajstić information content (AvgIpc) is 2.71. The summed E-state index contributed by atoms with van der Waals surface area (Å²) < 4.78 is 12.9. The summed E-state index contributed by atoms with van der Waals surface area (Å²) in [7, 11) is 0. The fourth-order valence-corrected chi connectivity index (χ4v) is 2.53. The number of hydrogen-bond acceptors (Lipinski definition) is 3. The molecule has 1 unspecified atom stereocenters. The number of nitrogens with zero attached hydrogens (tertiary/aromatic N) is 1. The van der Waals surface area contributed by atoms with Crippen molar-refractivity contribution in [1.82, 2.24) is 0 Å². The highest BCUT2D eigenvalue weighted by atomic mass is 35.5. The van der Waals surface area contributed by atoms with Gasteiger partial charge in [-0.1, -0.05) is 30.3 Å². The third-order valence-corrected chi connectivity index (χ3v) is 3.90. The lowest BCUT2D eigenvalue weighted by molar-refractivity contribution is 0.628. The van der Waals surface area contributed by atoms with Crippen LogP contribution in [-0.4, -0.2) is 17.0 Å². The molecule has 1 N–H and O–H groups in total. The van der Waals surface area contributed by atoms with E-state index in [-0.39, 0.29) is 5.02 Å². The molecule has 0 bridgehead atoms. The molecule has 1 heterocycles. The Morgan fingerprint density at radius 1 is 1.62 bits per heavy atom. The van der Waals surface area contributed by atoms with Crippen LogP contribution in [0, 0.1) is 5.82 Å². The van der Waals surface area contributed by atoms with Gasteiger partial charge in [0.05, 0.1) is 11.6 Å². The molecule has 0 aromatic heterocycles. The predicted molar refractivity (Wildman–Crippen MR) is 69.0 cm³/mol. The van der Waals surface area contributed by atoms with Gasteiger partial charge in [-0.15, -0.1) is 0 Å². The van der Waals surface area contributed by atoms with Crippen LogP contribution >= 0.6 is 23.4 Å². The summed E-state index contributed by atoms with van der Waals surface area (Å²) in [5.74, 6) is -0.403. The van der Waals surface area contributed by atoms with Crippen molar-refractivity contribution in [2.45, 2.75) is 18.6 Å². The Morgan fingerprint density at radius 3 is 3.06 bits per heavy atom. The molecule has 2 nitrogen and oxygen atoms in total. The molecule has 0 fully saturated rings. The Hall–Kier alpha value is -0.740. The second kappa shape index (κ2) is 5.06. The van der Waals surface area contributed by atoms with Crippen LogP contribution in [0.15, 0.2) is 23.2 Å². The van der Waals surface area contributed by atoms with E-state index in [0.29, 0.717) is 5.25 Å². The van der Waals surface area contributed by atoms with Crippen molar-refractivity contribution >= 4 is 34.2 Å². The number of benzene rings is 1. The van der Waals surface area contributed by atoms with Crippen LogP contribution in [-0.2, 0) is 0 Å². The molecule has 86 valence electrons. The van der Waals surface area contributed by atoms with Crippen molar-refractivity contribution in [2.75, 3.05) is 11.9 Å². The molecule has 0 saturated carbocycles. The Morgan fingerprint density at radius 2 is 2.44 bits per heavy atom. The molecule has 16 heavy (non-hydrogen) atoms. The van der Waals surface area contributed by atoms with Crippen LogP contribution in [0.3, 0.4) is 0 Å². The molecule has 5 heteroatoms. The van der Waals surface area contributed by atoms with E-state index in [1.807, 2.05) is 0 Å². The minimum atomic E-state index is -0.403. The molecule has 0 saturated heterocycles. The molecular weight excluding hydrogens is 247 g/mol. The molecule has 1 aliphatic rings. The summed E-state index contributed by atoms with van der Waals surface area (Å²) in [6.45, 7) is 2.99. The molecule has 2 rings (SSSR count). The quantitative estimate of drug-likeness (QED) is 0.873. The van der Waals surface area contributed by atoms with Gasteiger partial charge in [-0.05, 0) is 24.6 Å². The predicted octanol–water partition coefficient (Wildman–Crippen LogP) is 3.77. The number of amidine groups is 1. The lowest BCUT2D eigenvalue weighted by atomic mass is 10.3. The van der Waals surface area contributed by atoms with Crippen LogP contribution < -0.4 is 5.32 Å². The van der Waals surface area contributed by atoms with Gasteiger partial charge in [-0.25, -0.2) is 4.39 Å². The first-order chi connectivity index (χ1) is 7.69. The summed E-state index contributed by atoms with van der Waals surface area (Å²) in [5.41, 5.74) is 0.773.